The molecule has 2 saturated heterocycles. The van der Waals surface area contributed by atoms with Crippen LogP contribution in [-0.2, 0) is 9.53 Å². The van der Waals surface area contributed by atoms with Crippen molar-refractivity contribution in [2.24, 2.45) is 0 Å². The molecule has 0 aliphatic carbocycles. The number of nitrogens with zero attached hydrogens (tertiary/aromatic N) is 1. The summed E-state index contributed by atoms with van der Waals surface area (Å²) >= 11 is 0. The summed E-state index contributed by atoms with van der Waals surface area (Å²) in [6, 6.07) is -0.970. The van der Waals surface area contributed by atoms with Crippen molar-refractivity contribution < 1.29 is 19.4 Å². The van der Waals surface area contributed by atoms with Gasteiger partial charge in [-0.05, 0) is 26.2 Å². The molecule has 2 fully saturated rings. The fourth-order valence-corrected chi connectivity index (χ4v) is 2.77. The van der Waals surface area contributed by atoms with Crippen LogP contribution in [0.1, 0.15) is 39.0 Å². The quantitative estimate of drug-likeness (QED) is 0.790. The predicted octanol–water partition coefficient (Wildman–Crippen LogP) is 1.20. The summed E-state index contributed by atoms with van der Waals surface area (Å²) in [5.74, 6) is -0.909. The summed E-state index contributed by atoms with van der Waals surface area (Å²) in [7, 11) is 0. The average Bonchev–Trinajstić information content (AvgIpc) is 2.66. The summed E-state index contributed by atoms with van der Waals surface area (Å²) in [4.78, 5) is 25.0. The average molecular weight is 270 g/mol. The first-order chi connectivity index (χ1) is 9.09. The third kappa shape index (κ3) is 3.37. The van der Waals surface area contributed by atoms with Gasteiger partial charge in [0, 0.05) is 13.2 Å². The zero-order chi connectivity index (χ0) is 13.8. The fourth-order valence-electron chi connectivity index (χ4n) is 2.77. The molecule has 0 radical (unpaired) electrons. The molecule has 6 heteroatoms. The summed E-state index contributed by atoms with van der Waals surface area (Å²) in [6.45, 7) is 3.09. The van der Waals surface area contributed by atoms with Gasteiger partial charge in [-0.1, -0.05) is 12.8 Å². The first kappa shape index (κ1) is 14.1. The number of amides is 2. The molecule has 0 saturated carbocycles. The van der Waals surface area contributed by atoms with Gasteiger partial charge in [0.1, 0.15) is 6.04 Å². The molecule has 2 amide bonds. The van der Waals surface area contributed by atoms with Gasteiger partial charge in [0.05, 0.1) is 12.1 Å². The van der Waals surface area contributed by atoms with Crippen LogP contribution in [0.3, 0.4) is 0 Å². The van der Waals surface area contributed by atoms with E-state index < -0.39 is 12.0 Å². The Balaban J connectivity index is 1.99. The molecule has 2 aliphatic rings. The Bertz CT molecular complexity index is 348. The van der Waals surface area contributed by atoms with Gasteiger partial charge in [0.25, 0.3) is 0 Å². The molecule has 19 heavy (non-hydrogen) atoms. The molecule has 108 valence electrons. The van der Waals surface area contributed by atoms with Gasteiger partial charge in [0.15, 0.2) is 0 Å². The zero-order valence-corrected chi connectivity index (χ0v) is 11.3. The molecule has 2 aliphatic heterocycles. The normalized spacial score (nSPS) is 31.8. The van der Waals surface area contributed by atoms with Crippen LogP contribution in [0, 0.1) is 0 Å². The molecule has 2 heterocycles. The van der Waals surface area contributed by atoms with E-state index in [1.54, 1.807) is 0 Å². The van der Waals surface area contributed by atoms with Gasteiger partial charge < -0.3 is 20.1 Å². The van der Waals surface area contributed by atoms with E-state index in [1.165, 1.54) is 4.90 Å². The minimum absolute atomic E-state index is 0.000735. The van der Waals surface area contributed by atoms with Crippen LogP contribution in [0.5, 0.6) is 0 Å². The highest BCUT2D eigenvalue weighted by Gasteiger charge is 2.33. The van der Waals surface area contributed by atoms with Crippen LogP contribution in [0.25, 0.3) is 0 Å². The molecular formula is C13H22N2O4. The van der Waals surface area contributed by atoms with Crippen molar-refractivity contribution in [3.63, 3.8) is 0 Å². The highest BCUT2D eigenvalue weighted by molar-refractivity contribution is 5.82. The third-order valence-electron chi connectivity index (χ3n) is 3.98. The van der Waals surface area contributed by atoms with Crippen LogP contribution in [0.2, 0.25) is 0 Å². The number of carbonyl (C=O) groups is 2. The number of rotatable bonds is 2. The lowest BCUT2D eigenvalue weighted by molar-refractivity contribution is -0.142. The van der Waals surface area contributed by atoms with Crippen LogP contribution >= 0.6 is 0 Å². The summed E-state index contributed by atoms with van der Waals surface area (Å²) in [5, 5.41) is 12.2. The van der Waals surface area contributed by atoms with Crippen molar-refractivity contribution in [3.05, 3.63) is 0 Å². The highest BCUT2D eigenvalue weighted by atomic mass is 16.5. The lowest BCUT2D eigenvalue weighted by atomic mass is 10.1. The Morgan fingerprint density at radius 2 is 2.05 bits per heavy atom. The van der Waals surface area contributed by atoms with E-state index in [1.807, 2.05) is 6.92 Å². The Kier molecular flexibility index (Phi) is 4.63. The van der Waals surface area contributed by atoms with Crippen LogP contribution in [-0.4, -0.2) is 53.3 Å². The molecule has 3 atom stereocenters. The smallest absolute Gasteiger partial charge is 0.326 e. The molecule has 6 nitrogen and oxygen atoms in total. The predicted molar refractivity (Wildman–Crippen MR) is 68.9 cm³/mol. The van der Waals surface area contributed by atoms with E-state index in [-0.39, 0.29) is 18.2 Å². The van der Waals surface area contributed by atoms with Gasteiger partial charge in [-0.15, -0.1) is 0 Å². The third-order valence-corrected chi connectivity index (χ3v) is 3.98. The Labute approximate surface area is 113 Å². The molecule has 3 unspecified atom stereocenters. The second-order valence-corrected chi connectivity index (χ2v) is 5.32. The van der Waals surface area contributed by atoms with Gasteiger partial charge in [-0.3, -0.25) is 0 Å². The molecular weight excluding hydrogens is 248 g/mol. The minimum atomic E-state index is -0.909. The van der Waals surface area contributed by atoms with Crippen LogP contribution in [0.4, 0.5) is 4.79 Å². The van der Waals surface area contributed by atoms with Crippen molar-refractivity contribution in [1.82, 2.24) is 10.2 Å². The fraction of sp³-hybridized carbons (Fsp3) is 0.846. The monoisotopic (exact) mass is 270 g/mol. The molecule has 2 rings (SSSR count). The van der Waals surface area contributed by atoms with E-state index in [4.69, 9.17) is 4.74 Å². The van der Waals surface area contributed by atoms with E-state index in [2.05, 4.69) is 5.32 Å². The standard InChI is InChI=1S/C13H22N2O4/c1-9-10(6-8-19-9)14-13(18)15-7-4-2-3-5-11(15)12(16)17/h9-11H,2-8H2,1H3,(H,14,18)(H,16,17). The first-order valence-electron chi connectivity index (χ1n) is 7.01. The van der Waals surface area contributed by atoms with Gasteiger partial charge >= 0.3 is 12.0 Å². The van der Waals surface area contributed by atoms with E-state index in [0.29, 0.717) is 19.6 Å². The minimum Gasteiger partial charge on any atom is -0.480 e. The Hall–Kier alpha value is -1.30. The maximum absolute atomic E-state index is 12.3. The second kappa shape index (κ2) is 6.23. The topological polar surface area (TPSA) is 78.9 Å². The van der Waals surface area contributed by atoms with Gasteiger partial charge in [-0.25, -0.2) is 9.59 Å². The van der Waals surface area contributed by atoms with Crippen molar-refractivity contribution >= 4 is 12.0 Å². The van der Waals surface area contributed by atoms with E-state index >= 15 is 0 Å². The number of nitrogens with one attached hydrogen (secondary N) is 1. The molecule has 0 aromatic carbocycles. The number of likely N-dealkylation sites (tertiary alicyclic amines) is 1. The number of hydrogen-bond acceptors (Lipinski definition) is 3. The number of carbonyl (C=O) groups excluding carboxylic acids is 1. The van der Waals surface area contributed by atoms with E-state index in [9.17, 15) is 14.7 Å². The number of aliphatic carboxylic acids is 1. The first-order valence-corrected chi connectivity index (χ1v) is 7.01. The highest BCUT2D eigenvalue weighted by Crippen LogP contribution is 2.19. The van der Waals surface area contributed by atoms with Gasteiger partial charge in [0.2, 0.25) is 0 Å². The maximum atomic E-state index is 12.3. The van der Waals surface area contributed by atoms with Crippen LogP contribution < -0.4 is 5.32 Å². The van der Waals surface area contributed by atoms with Crippen LogP contribution in [0.15, 0.2) is 0 Å². The maximum Gasteiger partial charge on any atom is 0.326 e. The van der Waals surface area contributed by atoms with Crippen molar-refractivity contribution in [2.45, 2.75) is 57.2 Å². The summed E-state index contributed by atoms with van der Waals surface area (Å²) in [5.41, 5.74) is 0. The lowest BCUT2D eigenvalue weighted by Crippen LogP contribution is -2.52. The largest absolute Gasteiger partial charge is 0.480 e. The number of ether oxygens (including phenoxy) is 1. The number of urea groups is 1. The lowest BCUT2D eigenvalue weighted by Gasteiger charge is -2.29. The second-order valence-electron chi connectivity index (χ2n) is 5.32. The van der Waals surface area contributed by atoms with Crippen molar-refractivity contribution in [3.8, 4) is 0 Å². The SMILES string of the molecule is CC1OCCC1NC(=O)N1CCCCCC1C(=O)O. The zero-order valence-electron chi connectivity index (χ0n) is 11.3. The Morgan fingerprint density at radius 1 is 1.26 bits per heavy atom. The molecule has 0 aromatic heterocycles. The molecule has 0 spiro atoms. The van der Waals surface area contributed by atoms with Crippen molar-refractivity contribution in [2.75, 3.05) is 13.2 Å². The summed E-state index contributed by atoms with van der Waals surface area (Å²) < 4.78 is 5.40. The van der Waals surface area contributed by atoms with Crippen molar-refractivity contribution in [1.29, 1.82) is 0 Å². The van der Waals surface area contributed by atoms with E-state index in [0.717, 1.165) is 25.7 Å². The Morgan fingerprint density at radius 3 is 2.68 bits per heavy atom. The summed E-state index contributed by atoms with van der Waals surface area (Å²) in [6.07, 6.45) is 4.05. The molecule has 2 N–H and O–H groups in total. The molecule has 0 bridgehead atoms. The number of hydrogen-bond donors (Lipinski definition) is 2. The molecule has 0 aromatic rings. The van der Waals surface area contributed by atoms with Gasteiger partial charge in [-0.2, -0.15) is 0 Å². The number of carboxylic acid groups (broad SMARTS) is 1. The number of carboxylic acids is 1.